The van der Waals surface area contributed by atoms with E-state index >= 15 is 0 Å². The molecular formula is C17H21N3O3. The first-order chi connectivity index (χ1) is 11.1. The number of rotatable bonds is 5. The maximum Gasteiger partial charge on any atom is 0.323 e. The van der Waals surface area contributed by atoms with Gasteiger partial charge in [0.25, 0.3) is 0 Å². The van der Waals surface area contributed by atoms with Crippen LogP contribution >= 0.6 is 0 Å². The summed E-state index contributed by atoms with van der Waals surface area (Å²) >= 11 is 0. The number of nitrogens with one attached hydrogen (secondary N) is 2. The Bertz CT molecular complexity index is 670. The number of anilines is 1. The van der Waals surface area contributed by atoms with Crippen molar-refractivity contribution in [2.45, 2.75) is 32.7 Å². The van der Waals surface area contributed by atoms with E-state index in [0.29, 0.717) is 11.7 Å². The Morgan fingerprint density at radius 1 is 1.30 bits per heavy atom. The number of oxazole rings is 1. The van der Waals surface area contributed by atoms with Crippen molar-refractivity contribution in [2.75, 3.05) is 12.4 Å². The number of carbonyl (C=O) groups excluding carboxylic acids is 1. The van der Waals surface area contributed by atoms with Crippen LogP contribution < -0.4 is 15.4 Å². The van der Waals surface area contributed by atoms with E-state index in [-0.39, 0.29) is 18.1 Å². The molecule has 1 aliphatic rings. The number of ether oxygens (including phenoxy) is 1. The summed E-state index contributed by atoms with van der Waals surface area (Å²) in [4.78, 5) is 16.4. The number of aryl methyl sites for hydroxylation is 2. The molecular weight excluding hydrogens is 294 g/mol. The molecule has 23 heavy (non-hydrogen) atoms. The first-order valence-electron chi connectivity index (χ1n) is 7.72. The van der Waals surface area contributed by atoms with Gasteiger partial charge in [-0.05, 0) is 50.3 Å². The molecule has 6 nitrogen and oxygen atoms in total. The number of nitrogens with zero attached hydrogens (tertiary/aromatic N) is 1. The van der Waals surface area contributed by atoms with Gasteiger partial charge in [0.2, 0.25) is 0 Å². The van der Waals surface area contributed by atoms with Gasteiger partial charge in [-0.15, -0.1) is 0 Å². The molecule has 0 saturated heterocycles. The zero-order chi connectivity index (χ0) is 16.4. The molecule has 1 fully saturated rings. The van der Waals surface area contributed by atoms with Gasteiger partial charge in [0, 0.05) is 0 Å². The lowest BCUT2D eigenvalue weighted by atomic mass is 10.0. The lowest BCUT2D eigenvalue weighted by molar-refractivity contribution is 0.246. The second-order valence-corrected chi connectivity index (χ2v) is 5.85. The minimum Gasteiger partial charge on any atom is -0.497 e. The molecule has 0 bridgehead atoms. The van der Waals surface area contributed by atoms with Crippen LogP contribution in [0.1, 0.15) is 35.9 Å². The molecule has 0 aliphatic heterocycles. The van der Waals surface area contributed by atoms with E-state index < -0.39 is 0 Å². The van der Waals surface area contributed by atoms with Crippen molar-refractivity contribution in [3.8, 4) is 5.75 Å². The number of carbonyl (C=O) groups is 1. The number of amides is 2. The van der Waals surface area contributed by atoms with Gasteiger partial charge in [0.1, 0.15) is 11.5 Å². The average Bonchev–Trinajstić information content (AvgIpc) is 3.32. The van der Waals surface area contributed by atoms with Crippen molar-refractivity contribution in [2.24, 2.45) is 5.92 Å². The van der Waals surface area contributed by atoms with E-state index in [2.05, 4.69) is 15.6 Å². The Morgan fingerprint density at radius 2 is 2.00 bits per heavy atom. The predicted molar refractivity (Wildman–Crippen MR) is 86.6 cm³/mol. The molecule has 3 rings (SSSR count). The van der Waals surface area contributed by atoms with E-state index in [1.165, 1.54) is 0 Å². The molecule has 1 aliphatic carbocycles. The number of hydrogen-bond acceptors (Lipinski definition) is 4. The lowest BCUT2D eigenvalue weighted by Gasteiger charge is -2.18. The highest BCUT2D eigenvalue weighted by atomic mass is 16.5. The fourth-order valence-corrected chi connectivity index (χ4v) is 2.51. The minimum atomic E-state index is -0.307. The molecule has 0 unspecified atom stereocenters. The average molecular weight is 315 g/mol. The van der Waals surface area contributed by atoms with E-state index in [9.17, 15) is 4.79 Å². The van der Waals surface area contributed by atoms with Gasteiger partial charge in [-0.1, -0.05) is 12.1 Å². The summed E-state index contributed by atoms with van der Waals surface area (Å²) in [7, 11) is 1.64. The van der Waals surface area contributed by atoms with Crippen molar-refractivity contribution in [3.63, 3.8) is 0 Å². The van der Waals surface area contributed by atoms with E-state index in [0.717, 1.165) is 29.8 Å². The summed E-state index contributed by atoms with van der Waals surface area (Å²) in [6, 6.07) is 7.69. The smallest absolute Gasteiger partial charge is 0.323 e. The van der Waals surface area contributed by atoms with Crippen molar-refractivity contribution in [1.29, 1.82) is 0 Å². The maximum absolute atomic E-state index is 12.2. The maximum atomic E-state index is 12.2. The van der Waals surface area contributed by atoms with Crippen LogP contribution in [0.5, 0.6) is 5.75 Å². The van der Waals surface area contributed by atoms with Crippen LogP contribution in [-0.4, -0.2) is 18.1 Å². The Morgan fingerprint density at radius 3 is 2.52 bits per heavy atom. The Hall–Kier alpha value is -2.50. The minimum absolute atomic E-state index is 0.0157. The molecule has 0 spiro atoms. The van der Waals surface area contributed by atoms with Crippen LogP contribution in [-0.2, 0) is 0 Å². The molecule has 1 aromatic heterocycles. The third-order valence-electron chi connectivity index (χ3n) is 4.10. The highest BCUT2D eigenvalue weighted by Crippen LogP contribution is 2.41. The highest BCUT2D eigenvalue weighted by Gasteiger charge is 2.33. The molecule has 1 aromatic carbocycles. The monoisotopic (exact) mass is 315 g/mol. The second-order valence-electron chi connectivity index (χ2n) is 5.85. The van der Waals surface area contributed by atoms with Gasteiger partial charge in [-0.25, -0.2) is 4.79 Å². The van der Waals surface area contributed by atoms with E-state index in [1.54, 1.807) is 7.11 Å². The molecule has 2 aromatic rings. The van der Waals surface area contributed by atoms with E-state index in [1.807, 2.05) is 38.1 Å². The van der Waals surface area contributed by atoms with Crippen LogP contribution in [0.15, 0.2) is 28.7 Å². The normalized spacial score (nSPS) is 15.1. The first kappa shape index (κ1) is 15.4. The third-order valence-corrected chi connectivity index (χ3v) is 4.10. The van der Waals surface area contributed by atoms with Crippen LogP contribution in [0, 0.1) is 19.8 Å². The van der Waals surface area contributed by atoms with Crippen LogP contribution in [0.4, 0.5) is 10.8 Å². The molecule has 122 valence electrons. The SMILES string of the molecule is COc1ccc([C@@H](NC(=O)Nc2nc(C)c(C)o2)C2CC2)cc1. The molecule has 0 radical (unpaired) electrons. The second kappa shape index (κ2) is 6.32. The molecule has 1 atom stereocenters. The van der Waals surface area contributed by atoms with Crippen LogP contribution in [0.2, 0.25) is 0 Å². The largest absolute Gasteiger partial charge is 0.497 e. The molecule has 2 N–H and O–H groups in total. The number of aromatic nitrogens is 1. The Balaban J connectivity index is 1.68. The molecule has 2 amide bonds. The number of methoxy groups -OCH3 is 1. The van der Waals surface area contributed by atoms with Gasteiger partial charge in [-0.3, -0.25) is 5.32 Å². The van der Waals surface area contributed by atoms with E-state index in [4.69, 9.17) is 9.15 Å². The topological polar surface area (TPSA) is 76.4 Å². The standard InChI is InChI=1S/C17H21N3O3/c1-10-11(2)23-17(18-10)20-16(21)19-15(12-4-5-12)13-6-8-14(22-3)9-7-13/h6-9,12,15H,4-5H2,1-3H3,(H2,18,19,20,21)/t15-/m0/s1. The highest BCUT2D eigenvalue weighted by molar-refractivity contribution is 5.87. The first-order valence-corrected chi connectivity index (χ1v) is 7.72. The van der Waals surface area contributed by atoms with Crippen molar-refractivity contribution in [3.05, 3.63) is 41.3 Å². The summed E-state index contributed by atoms with van der Waals surface area (Å²) in [6.07, 6.45) is 2.24. The molecule has 1 saturated carbocycles. The quantitative estimate of drug-likeness (QED) is 0.884. The fraction of sp³-hybridized carbons (Fsp3) is 0.412. The van der Waals surface area contributed by atoms with Gasteiger partial charge in [0.15, 0.2) is 0 Å². The number of hydrogen-bond donors (Lipinski definition) is 2. The fourth-order valence-electron chi connectivity index (χ4n) is 2.51. The number of benzene rings is 1. The van der Waals surface area contributed by atoms with Crippen LogP contribution in [0.25, 0.3) is 0 Å². The van der Waals surface area contributed by atoms with Gasteiger partial charge >= 0.3 is 12.0 Å². The van der Waals surface area contributed by atoms with Crippen LogP contribution in [0.3, 0.4) is 0 Å². The summed E-state index contributed by atoms with van der Waals surface area (Å²) in [6.45, 7) is 3.65. The van der Waals surface area contributed by atoms with Crippen molar-refractivity contribution < 1.29 is 13.9 Å². The number of urea groups is 1. The third kappa shape index (κ3) is 3.64. The summed E-state index contributed by atoms with van der Waals surface area (Å²) in [5.41, 5.74) is 1.84. The van der Waals surface area contributed by atoms with Gasteiger partial charge in [-0.2, -0.15) is 4.98 Å². The zero-order valence-electron chi connectivity index (χ0n) is 13.6. The zero-order valence-corrected chi connectivity index (χ0v) is 13.6. The Labute approximate surface area is 135 Å². The molecule has 6 heteroatoms. The summed E-state index contributed by atoms with van der Waals surface area (Å²) in [5, 5.41) is 5.68. The van der Waals surface area contributed by atoms with Crippen molar-refractivity contribution in [1.82, 2.24) is 10.3 Å². The summed E-state index contributed by atoms with van der Waals surface area (Å²) < 4.78 is 10.6. The predicted octanol–water partition coefficient (Wildman–Crippen LogP) is 3.57. The lowest BCUT2D eigenvalue weighted by Crippen LogP contribution is -2.33. The molecule has 1 heterocycles. The van der Waals surface area contributed by atoms with Gasteiger partial charge in [0.05, 0.1) is 18.8 Å². The summed E-state index contributed by atoms with van der Waals surface area (Å²) in [5.74, 6) is 1.98. The van der Waals surface area contributed by atoms with Crippen molar-refractivity contribution >= 4 is 12.0 Å². The Kier molecular flexibility index (Phi) is 4.23. The van der Waals surface area contributed by atoms with Gasteiger partial charge < -0.3 is 14.5 Å².